The predicted molar refractivity (Wildman–Crippen MR) is 128 cm³/mol. The number of aromatic nitrogens is 2. The fourth-order valence-corrected chi connectivity index (χ4v) is 6.04. The topological polar surface area (TPSA) is 41.0 Å². The van der Waals surface area contributed by atoms with Crippen LogP contribution in [0.2, 0.25) is 5.02 Å². The minimum atomic E-state index is 0.0382. The lowest BCUT2D eigenvalue weighted by molar-refractivity contribution is 0.145. The molecule has 2 aromatic rings. The number of nitrogens with one attached hydrogen (secondary N) is 1. The summed E-state index contributed by atoms with van der Waals surface area (Å²) < 4.78 is 0. The molecular weight excluding hydrogens is 404 g/mol. The zero-order chi connectivity index (χ0) is 21.6. The van der Waals surface area contributed by atoms with E-state index in [9.17, 15) is 0 Å². The van der Waals surface area contributed by atoms with E-state index in [-0.39, 0.29) is 5.41 Å². The molecule has 0 bridgehead atoms. The van der Waals surface area contributed by atoms with Gasteiger partial charge in [0, 0.05) is 40.1 Å². The number of aryl methyl sites for hydroxylation is 1. The Balaban J connectivity index is 1.11. The smallest absolute Gasteiger partial charge is 0.131 e. The molecule has 3 heterocycles. The van der Waals surface area contributed by atoms with Crippen molar-refractivity contribution in [2.45, 2.75) is 63.7 Å². The van der Waals surface area contributed by atoms with Gasteiger partial charge in [-0.2, -0.15) is 0 Å². The van der Waals surface area contributed by atoms with Crippen LogP contribution in [0.4, 0.5) is 5.69 Å². The van der Waals surface area contributed by atoms with Crippen molar-refractivity contribution in [2.75, 3.05) is 25.0 Å². The zero-order valence-corrected chi connectivity index (χ0v) is 19.5. The Hall–Kier alpha value is -1.91. The number of allylic oxidation sites excluding steroid dienone is 1. The SMILES string of the molecule is C=C1Nc2ccc(Cl)cc2C12CCN(CCCc1cnc(C3CC(C)(C)C3)nc1)CC2. The lowest BCUT2D eigenvalue weighted by Gasteiger charge is -2.41. The van der Waals surface area contributed by atoms with Gasteiger partial charge in [0.15, 0.2) is 0 Å². The van der Waals surface area contributed by atoms with Crippen LogP contribution in [0.25, 0.3) is 0 Å². The Bertz CT molecular complexity index is 965. The summed E-state index contributed by atoms with van der Waals surface area (Å²) >= 11 is 6.30. The summed E-state index contributed by atoms with van der Waals surface area (Å²) in [5.41, 5.74) is 5.41. The number of likely N-dealkylation sites (tertiary alicyclic amines) is 1. The summed E-state index contributed by atoms with van der Waals surface area (Å²) in [5, 5.41) is 4.32. The Morgan fingerprint density at radius 2 is 1.87 bits per heavy atom. The summed E-state index contributed by atoms with van der Waals surface area (Å²) in [6.07, 6.45) is 10.9. The molecule has 0 unspecified atom stereocenters. The molecule has 0 amide bonds. The van der Waals surface area contributed by atoms with Crippen LogP contribution in [-0.2, 0) is 11.8 Å². The molecule has 4 nitrogen and oxygen atoms in total. The third-order valence-corrected chi connectivity index (χ3v) is 7.93. The van der Waals surface area contributed by atoms with Crippen LogP contribution in [0.5, 0.6) is 0 Å². The highest BCUT2D eigenvalue weighted by Gasteiger charge is 2.44. The van der Waals surface area contributed by atoms with E-state index < -0.39 is 0 Å². The van der Waals surface area contributed by atoms with Crippen LogP contribution >= 0.6 is 11.6 Å². The number of halogens is 1. The van der Waals surface area contributed by atoms with Crippen molar-refractivity contribution in [2.24, 2.45) is 5.41 Å². The highest BCUT2D eigenvalue weighted by atomic mass is 35.5. The fourth-order valence-electron chi connectivity index (χ4n) is 5.86. The Morgan fingerprint density at radius 1 is 1.16 bits per heavy atom. The molecule has 1 spiro atoms. The predicted octanol–water partition coefficient (Wildman–Crippen LogP) is 5.94. The largest absolute Gasteiger partial charge is 0.358 e. The van der Waals surface area contributed by atoms with E-state index in [0.717, 1.165) is 61.9 Å². The molecule has 1 aliphatic carbocycles. The van der Waals surface area contributed by atoms with Gasteiger partial charge in [0.25, 0.3) is 0 Å². The third-order valence-electron chi connectivity index (χ3n) is 7.70. The fraction of sp³-hybridized carbons (Fsp3) is 0.538. The van der Waals surface area contributed by atoms with Gasteiger partial charge in [-0.05, 0) is 92.9 Å². The number of nitrogens with zero attached hydrogens (tertiary/aromatic N) is 3. The first kappa shape index (κ1) is 21.0. The average Bonchev–Trinajstić information content (AvgIpc) is 2.99. The molecule has 1 saturated heterocycles. The maximum atomic E-state index is 6.30. The van der Waals surface area contributed by atoms with Gasteiger partial charge in [-0.25, -0.2) is 9.97 Å². The average molecular weight is 437 g/mol. The first-order chi connectivity index (χ1) is 14.8. The summed E-state index contributed by atoms with van der Waals surface area (Å²) in [6, 6.07) is 6.17. The zero-order valence-electron chi connectivity index (χ0n) is 18.8. The monoisotopic (exact) mass is 436 g/mol. The highest BCUT2D eigenvalue weighted by molar-refractivity contribution is 6.30. The van der Waals surface area contributed by atoms with Gasteiger partial charge in [-0.15, -0.1) is 0 Å². The number of fused-ring (bicyclic) bond motifs is 2. The number of piperidine rings is 1. The number of benzene rings is 1. The first-order valence-electron chi connectivity index (χ1n) is 11.6. The lowest BCUT2D eigenvalue weighted by Crippen LogP contribution is -2.43. The van der Waals surface area contributed by atoms with Crippen LogP contribution in [0.15, 0.2) is 42.9 Å². The second-order valence-corrected chi connectivity index (χ2v) is 11.0. The van der Waals surface area contributed by atoms with Crippen LogP contribution in [0, 0.1) is 5.41 Å². The molecule has 0 radical (unpaired) electrons. The van der Waals surface area contributed by atoms with Gasteiger partial charge < -0.3 is 10.2 Å². The molecule has 1 aromatic heterocycles. The van der Waals surface area contributed by atoms with Gasteiger partial charge in [0.05, 0.1) is 0 Å². The molecule has 2 fully saturated rings. The molecule has 5 rings (SSSR count). The second-order valence-electron chi connectivity index (χ2n) is 10.5. The molecule has 0 atom stereocenters. The summed E-state index contributed by atoms with van der Waals surface area (Å²) in [4.78, 5) is 11.9. The summed E-state index contributed by atoms with van der Waals surface area (Å²) in [6.45, 7) is 12.3. The Morgan fingerprint density at radius 3 is 2.55 bits per heavy atom. The summed E-state index contributed by atoms with van der Waals surface area (Å²) in [7, 11) is 0. The number of hydrogen-bond acceptors (Lipinski definition) is 4. The van der Waals surface area contributed by atoms with E-state index in [2.05, 4.69) is 52.7 Å². The van der Waals surface area contributed by atoms with Crippen LogP contribution in [-0.4, -0.2) is 34.5 Å². The van der Waals surface area contributed by atoms with Crippen molar-refractivity contribution >= 4 is 17.3 Å². The highest BCUT2D eigenvalue weighted by Crippen LogP contribution is 2.50. The van der Waals surface area contributed by atoms with Gasteiger partial charge in [-0.3, -0.25) is 0 Å². The standard InChI is InChI=1S/C26H33ClN4/c1-18-26(22-13-21(27)6-7-23(22)30-18)8-11-31(12-9-26)10-4-5-19-16-28-24(29-17-19)20-14-25(2,3)15-20/h6-7,13,16-17,20,30H,1,4-5,8-12,14-15H2,2-3H3. The normalized spacial score (nSPS) is 22.2. The number of rotatable bonds is 5. The van der Waals surface area contributed by atoms with Crippen molar-refractivity contribution in [3.05, 3.63) is 64.8 Å². The third kappa shape index (κ3) is 4.01. The maximum Gasteiger partial charge on any atom is 0.131 e. The van der Waals surface area contributed by atoms with E-state index in [4.69, 9.17) is 11.6 Å². The van der Waals surface area contributed by atoms with Gasteiger partial charge in [-0.1, -0.05) is 32.0 Å². The quantitative estimate of drug-likeness (QED) is 0.629. The first-order valence-corrected chi connectivity index (χ1v) is 12.0. The molecular formula is C26H33ClN4. The maximum absolute atomic E-state index is 6.30. The number of hydrogen-bond donors (Lipinski definition) is 1. The van der Waals surface area contributed by atoms with Crippen LogP contribution in [0.3, 0.4) is 0 Å². The van der Waals surface area contributed by atoms with Crippen molar-refractivity contribution in [1.82, 2.24) is 14.9 Å². The molecule has 164 valence electrons. The van der Waals surface area contributed by atoms with Crippen molar-refractivity contribution in [3.8, 4) is 0 Å². The van der Waals surface area contributed by atoms with Crippen molar-refractivity contribution in [1.29, 1.82) is 0 Å². The van der Waals surface area contributed by atoms with Gasteiger partial charge in [0.1, 0.15) is 5.82 Å². The molecule has 3 aliphatic rings. The lowest BCUT2D eigenvalue weighted by atomic mass is 9.64. The minimum Gasteiger partial charge on any atom is -0.358 e. The molecule has 1 aromatic carbocycles. The molecule has 2 aliphatic heterocycles. The van der Waals surface area contributed by atoms with Gasteiger partial charge >= 0.3 is 0 Å². The molecule has 1 N–H and O–H groups in total. The van der Waals surface area contributed by atoms with E-state index in [1.54, 1.807) is 0 Å². The molecule has 5 heteroatoms. The van der Waals surface area contributed by atoms with E-state index in [1.165, 1.54) is 29.7 Å². The van der Waals surface area contributed by atoms with E-state index >= 15 is 0 Å². The minimum absolute atomic E-state index is 0.0382. The molecule has 1 saturated carbocycles. The van der Waals surface area contributed by atoms with Crippen LogP contribution in [0.1, 0.15) is 68.8 Å². The van der Waals surface area contributed by atoms with Gasteiger partial charge in [0.2, 0.25) is 0 Å². The molecule has 31 heavy (non-hydrogen) atoms. The van der Waals surface area contributed by atoms with Crippen LogP contribution < -0.4 is 5.32 Å². The summed E-state index contributed by atoms with van der Waals surface area (Å²) in [5.74, 6) is 1.60. The van der Waals surface area contributed by atoms with Crippen molar-refractivity contribution in [3.63, 3.8) is 0 Å². The Kier molecular flexibility index (Phi) is 5.34. The number of anilines is 1. The van der Waals surface area contributed by atoms with E-state index in [0.29, 0.717) is 11.3 Å². The second kappa shape index (κ2) is 7.90. The van der Waals surface area contributed by atoms with E-state index in [1.807, 2.05) is 18.5 Å². The van der Waals surface area contributed by atoms with Crippen molar-refractivity contribution < 1.29 is 0 Å². The Labute approximate surface area is 191 Å².